The Bertz CT molecular complexity index is 953. The lowest BCUT2D eigenvalue weighted by molar-refractivity contribution is -0.116. The minimum atomic E-state index is -0.240. The van der Waals surface area contributed by atoms with Crippen molar-refractivity contribution >= 4 is 22.5 Å². The first-order valence-electron chi connectivity index (χ1n) is 7.35. The van der Waals surface area contributed by atoms with Gasteiger partial charge in [0.15, 0.2) is 0 Å². The van der Waals surface area contributed by atoms with Gasteiger partial charge in [0.1, 0.15) is 12.1 Å². The molecule has 0 aliphatic carbocycles. The third kappa shape index (κ3) is 2.88. The van der Waals surface area contributed by atoms with Crippen LogP contribution in [0.5, 0.6) is 0 Å². The van der Waals surface area contributed by atoms with Crippen LogP contribution >= 0.6 is 0 Å². The molecular formula is C17H18N4O2. The zero-order valence-corrected chi connectivity index (χ0v) is 13.3. The summed E-state index contributed by atoms with van der Waals surface area (Å²) < 4.78 is 2.95. The van der Waals surface area contributed by atoms with E-state index in [-0.39, 0.29) is 18.0 Å². The second-order valence-electron chi connectivity index (χ2n) is 5.64. The van der Waals surface area contributed by atoms with E-state index >= 15 is 0 Å². The highest BCUT2D eigenvalue weighted by Gasteiger charge is 2.12. The van der Waals surface area contributed by atoms with Gasteiger partial charge in [-0.05, 0) is 37.6 Å². The molecule has 0 saturated carbocycles. The average Bonchev–Trinajstić information content (AvgIpc) is 2.77. The second kappa shape index (κ2) is 5.72. The minimum absolute atomic E-state index is 0.0348. The number of hydrogen-bond donors (Lipinski definition) is 1. The van der Waals surface area contributed by atoms with Gasteiger partial charge >= 0.3 is 0 Å². The number of nitrogens with zero attached hydrogens (tertiary/aromatic N) is 3. The van der Waals surface area contributed by atoms with Crippen molar-refractivity contribution < 1.29 is 4.79 Å². The van der Waals surface area contributed by atoms with Gasteiger partial charge in [0.05, 0.1) is 5.69 Å². The van der Waals surface area contributed by atoms with Gasteiger partial charge in [0.2, 0.25) is 5.91 Å². The highest BCUT2D eigenvalue weighted by Crippen LogP contribution is 2.13. The number of benzene rings is 1. The molecule has 3 aromatic rings. The summed E-state index contributed by atoms with van der Waals surface area (Å²) in [4.78, 5) is 24.7. The van der Waals surface area contributed by atoms with Crippen LogP contribution in [0.15, 0.2) is 41.3 Å². The number of aromatic nitrogens is 3. The highest BCUT2D eigenvalue weighted by atomic mass is 16.2. The van der Waals surface area contributed by atoms with Crippen LogP contribution in [0.2, 0.25) is 0 Å². The number of pyridine rings is 1. The Morgan fingerprint density at radius 3 is 2.78 bits per heavy atom. The first-order valence-corrected chi connectivity index (χ1v) is 7.35. The predicted molar refractivity (Wildman–Crippen MR) is 89.5 cm³/mol. The summed E-state index contributed by atoms with van der Waals surface area (Å²) in [5.74, 6) is -0.240. The Hall–Kier alpha value is -2.89. The number of nitrogens with one attached hydrogen (secondary N) is 1. The molecule has 0 fully saturated rings. The molecule has 6 heteroatoms. The first-order chi connectivity index (χ1) is 11.0. The second-order valence-corrected chi connectivity index (χ2v) is 5.64. The van der Waals surface area contributed by atoms with Crippen molar-refractivity contribution in [3.63, 3.8) is 0 Å². The van der Waals surface area contributed by atoms with Crippen molar-refractivity contribution in [2.24, 2.45) is 7.05 Å². The topological polar surface area (TPSA) is 68.9 Å². The van der Waals surface area contributed by atoms with Crippen LogP contribution in [0.25, 0.3) is 10.9 Å². The van der Waals surface area contributed by atoms with Crippen molar-refractivity contribution in [3.05, 3.63) is 58.1 Å². The summed E-state index contributed by atoms with van der Waals surface area (Å²) in [5, 5.41) is 7.87. The summed E-state index contributed by atoms with van der Waals surface area (Å²) in [5.41, 5.74) is 2.88. The van der Waals surface area contributed by atoms with Crippen LogP contribution in [0, 0.1) is 13.8 Å². The molecule has 0 aliphatic heterocycles. The number of hydrogen-bond acceptors (Lipinski definition) is 3. The molecule has 0 radical (unpaired) electrons. The maximum absolute atomic E-state index is 12.5. The van der Waals surface area contributed by atoms with Crippen LogP contribution in [0.1, 0.15) is 11.3 Å². The van der Waals surface area contributed by atoms with Crippen molar-refractivity contribution in [3.8, 4) is 0 Å². The van der Waals surface area contributed by atoms with Gasteiger partial charge in [-0.25, -0.2) is 0 Å². The predicted octanol–water partition coefficient (Wildman–Crippen LogP) is 1.99. The number of anilines is 1. The van der Waals surface area contributed by atoms with Crippen LogP contribution in [0.3, 0.4) is 0 Å². The standard InChI is InChI=1S/C17H18N4O2/c1-11-5-4-6-13(9-11)18-15(22)10-21-8-7-14-12(2)19-20(3)16(14)17(21)23/h4-9H,10H2,1-3H3,(H,18,22). The lowest BCUT2D eigenvalue weighted by Crippen LogP contribution is -2.28. The Kier molecular flexibility index (Phi) is 3.73. The van der Waals surface area contributed by atoms with E-state index in [0.717, 1.165) is 22.3 Å². The third-order valence-electron chi connectivity index (χ3n) is 3.77. The van der Waals surface area contributed by atoms with E-state index in [2.05, 4.69) is 10.4 Å². The molecule has 23 heavy (non-hydrogen) atoms. The Morgan fingerprint density at radius 2 is 2.04 bits per heavy atom. The van der Waals surface area contributed by atoms with Crippen LogP contribution in [-0.4, -0.2) is 20.3 Å². The van der Waals surface area contributed by atoms with E-state index in [9.17, 15) is 9.59 Å². The number of amides is 1. The van der Waals surface area contributed by atoms with E-state index in [1.165, 1.54) is 4.57 Å². The maximum Gasteiger partial charge on any atom is 0.277 e. The fourth-order valence-electron chi connectivity index (χ4n) is 2.70. The third-order valence-corrected chi connectivity index (χ3v) is 3.77. The molecule has 1 N–H and O–H groups in total. The molecule has 3 rings (SSSR count). The molecule has 0 saturated heterocycles. The van der Waals surface area contributed by atoms with Gasteiger partial charge in [-0.3, -0.25) is 14.3 Å². The fourth-order valence-corrected chi connectivity index (χ4v) is 2.70. The number of aryl methyl sites for hydroxylation is 3. The van der Waals surface area contributed by atoms with Crippen molar-refractivity contribution in [1.82, 2.24) is 14.3 Å². The quantitative estimate of drug-likeness (QED) is 0.804. The number of rotatable bonds is 3. The largest absolute Gasteiger partial charge is 0.325 e. The van der Waals surface area contributed by atoms with E-state index in [1.54, 1.807) is 17.9 Å². The van der Waals surface area contributed by atoms with E-state index < -0.39 is 0 Å². The van der Waals surface area contributed by atoms with Gasteiger partial charge in [-0.1, -0.05) is 12.1 Å². The molecule has 1 amide bonds. The fraction of sp³-hybridized carbons (Fsp3) is 0.235. The molecule has 2 heterocycles. The first kappa shape index (κ1) is 15.0. The zero-order chi connectivity index (χ0) is 16.6. The van der Waals surface area contributed by atoms with Gasteiger partial charge in [-0.15, -0.1) is 0 Å². The zero-order valence-electron chi connectivity index (χ0n) is 13.3. The summed E-state index contributed by atoms with van der Waals surface area (Å²) in [6.45, 7) is 3.78. The SMILES string of the molecule is Cc1cccc(NC(=O)Cn2ccc3c(C)nn(C)c3c2=O)c1. The van der Waals surface area contributed by atoms with Gasteiger partial charge in [0.25, 0.3) is 5.56 Å². The molecular weight excluding hydrogens is 292 g/mol. The molecule has 2 aromatic heterocycles. The van der Waals surface area contributed by atoms with Crippen molar-refractivity contribution in [1.29, 1.82) is 0 Å². The number of fused-ring (bicyclic) bond motifs is 1. The maximum atomic E-state index is 12.5. The lowest BCUT2D eigenvalue weighted by Gasteiger charge is -2.08. The number of carbonyl (C=O) groups is 1. The van der Waals surface area contributed by atoms with E-state index in [0.29, 0.717) is 5.52 Å². The Labute approximate surface area is 133 Å². The minimum Gasteiger partial charge on any atom is -0.325 e. The summed E-state index contributed by atoms with van der Waals surface area (Å²) in [6.07, 6.45) is 1.63. The molecule has 0 aliphatic rings. The molecule has 118 valence electrons. The van der Waals surface area contributed by atoms with E-state index in [4.69, 9.17) is 0 Å². The van der Waals surface area contributed by atoms with Crippen LogP contribution in [0.4, 0.5) is 5.69 Å². The molecule has 1 aromatic carbocycles. The number of carbonyl (C=O) groups excluding carboxylic acids is 1. The summed E-state index contributed by atoms with van der Waals surface area (Å²) >= 11 is 0. The molecule has 0 bridgehead atoms. The molecule has 0 unspecified atom stereocenters. The van der Waals surface area contributed by atoms with Crippen LogP contribution < -0.4 is 10.9 Å². The van der Waals surface area contributed by atoms with Crippen molar-refractivity contribution in [2.75, 3.05) is 5.32 Å². The van der Waals surface area contributed by atoms with Gasteiger partial charge in [0, 0.05) is 24.3 Å². The van der Waals surface area contributed by atoms with Crippen molar-refractivity contribution in [2.45, 2.75) is 20.4 Å². The molecule has 6 nitrogen and oxygen atoms in total. The van der Waals surface area contributed by atoms with E-state index in [1.807, 2.05) is 44.2 Å². The normalized spacial score (nSPS) is 10.9. The van der Waals surface area contributed by atoms with Gasteiger partial charge in [-0.2, -0.15) is 5.10 Å². The average molecular weight is 310 g/mol. The monoisotopic (exact) mass is 310 g/mol. The highest BCUT2D eigenvalue weighted by molar-refractivity contribution is 5.91. The van der Waals surface area contributed by atoms with Gasteiger partial charge < -0.3 is 9.88 Å². The lowest BCUT2D eigenvalue weighted by atomic mass is 10.2. The Morgan fingerprint density at radius 1 is 1.26 bits per heavy atom. The summed E-state index contributed by atoms with van der Waals surface area (Å²) in [7, 11) is 1.73. The molecule has 0 spiro atoms. The smallest absolute Gasteiger partial charge is 0.277 e. The molecule has 0 atom stereocenters. The van der Waals surface area contributed by atoms with Crippen LogP contribution in [-0.2, 0) is 18.4 Å². The Balaban J connectivity index is 1.87. The summed E-state index contributed by atoms with van der Waals surface area (Å²) in [6, 6.07) is 9.36.